The highest BCUT2D eigenvalue weighted by Crippen LogP contribution is 2.82. The van der Waals surface area contributed by atoms with Crippen LogP contribution in [0.3, 0.4) is 0 Å². The van der Waals surface area contributed by atoms with Crippen molar-refractivity contribution < 1.29 is 138 Å². The fraction of sp³-hybridized carbons (Fsp3) is 0.891. The average Bonchev–Trinajstić information content (AvgIpc) is 1.37. The Morgan fingerprint density at radius 2 is 1.15 bits per heavy atom. The average molecular weight is 1320 g/mol. The van der Waals surface area contributed by atoms with E-state index in [4.69, 9.17) is 47.4 Å². The third-order valence-electron chi connectivity index (χ3n) is 25.0. The van der Waals surface area contributed by atoms with Crippen LogP contribution in [0, 0.1) is 56.2 Å². The van der Waals surface area contributed by atoms with Gasteiger partial charge in [0.05, 0.1) is 42.0 Å². The third kappa shape index (κ3) is 11.0. The van der Waals surface area contributed by atoms with Crippen molar-refractivity contribution in [2.24, 2.45) is 56.2 Å². The first kappa shape index (κ1) is 71.8. The second kappa shape index (κ2) is 25.7. The van der Waals surface area contributed by atoms with Gasteiger partial charge in [-0.1, -0.05) is 60.6 Å². The molecular formula is C64H100O28. The third-order valence-corrected chi connectivity index (χ3v) is 25.0. The van der Waals surface area contributed by atoms with Crippen molar-refractivity contribution in [3.8, 4) is 0 Å². The maximum absolute atomic E-state index is 14.0. The number of hydrogen-bond donors (Lipinski definition) is 15. The van der Waals surface area contributed by atoms with E-state index in [0.29, 0.717) is 50.5 Å². The van der Waals surface area contributed by atoms with Gasteiger partial charge in [-0.2, -0.15) is 0 Å². The maximum Gasteiger partial charge on any atom is 0.335 e. The van der Waals surface area contributed by atoms with E-state index in [0.717, 1.165) is 0 Å². The van der Waals surface area contributed by atoms with E-state index < -0.39 is 228 Å². The van der Waals surface area contributed by atoms with Crippen LogP contribution in [-0.4, -0.2) is 261 Å². The lowest BCUT2D eigenvalue weighted by atomic mass is 9.30. The lowest BCUT2D eigenvalue weighted by Crippen LogP contribution is -2.77. The van der Waals surface area contributed by atoms with Crippen LogP contribution < -0.4 is 0 Å². The van der Waals surface area contributed by atoms with Gasteiger partial charge in [-0.25, -0.2) is 14.4 Å². The van der Waals surface area contributed by atoms with Crippen LogP contribution in [0.2, 0.25) is 0 Å². The van der Waals surface area contributed by atoms with Gasteiger partial charge in [0.1, 0.15) is 79.4 Å². The van der Waals surface area contributed by atoms with Crippen molar-refractivity contribution in [2.75, 3.05) is 13.2 Å². The Balaban J connectivity index is 0.976. The van der Waals surface area contributed by atoms with Crippen LogP contribution in [0.25, 0.3) is 0 Å². The molecule has 1 spiro atoms. The molecule has 524 valence electrons. The monoisotopic (exact) mass is 1320 g/mol. The van der Waals surface area contributed by atoms with Gasteiger partial charge in [0.15, 0.2) is 43.7 Å². The number of carboxylic acid groups (broad SMARTS) is 1. The van der Waals surface area contributed by atoms with Crippen molar-refractivity contribution in [3.05, 3.63) is 23.3 Å². The number of carbonyl (C=O) groups excluding carboxylic acids is 2. The molecule has 4 aliphatic heterocycles. The molecule has 0 aromatic rings. The normalized spacial score (nSPS) is 52.4. The molecule has 0 aromatic carbocycles. The van der Waals surface area contributed by atoms with Gasteiger partial charge in [-0.15, -0.1) is 0 Å². The summed E-state index contributed by atoms with van der Waals surface area (Å²) in [6.45, 7) is 19.5. The number of aliphatic carboxylic acids is 1. The molecule has 6 aliphatic carbocycles. The molecule has 6 saturated carbocycles. The van der Waals surface area contributed by atoms with Crippen LogP contribution in [0.15, 0.2) is 23.3 Å². The summed E-state index contributed by atoms with van der Waals surface area (Å²) in [7, 11) is 0. The molecule has 2 bridgehead atoms. The summed E-state index contributed by atoms with van der Waals surface area (Å²) < 4.78 is 63.1. The first-order chi connectivity index (χ1) is 42.9. The van der Waals surface area contributed by atoms with E-state index in [-0.39, 0.29) is 30.3 Å². The van der Waals surface area contributed by atoms with Crippen LogP contribution in [0.1, 0.15) is 134 Å². The van der Waals surface area contributed by atoms with E-state index in [2.05, 4.69) is 20.8 Å². The van der Waals surface area contributed by atoms with E-state index in [1.165, 1.54) is 0 Å². The van der Waals surface area contributed by atoms with Crippen molar-refractivity contribution in [2.45, 2.75) is 287 Å². The number of ether oxygens (including phenoxy) is 10. The SMILES string of the molecule is C/C=C(/C)C(=O)O[C@H]1[C@H](OC(=O)/C(C)=C\C)[C@@]23[C@H](O)C[C@]4(C)[C@@](CC[C@@H]5[C@@]6(C)CC[C@H](O[C@@H]7O[C@H](C(=O)O)[C@@H](O)[C@H](O[C@@H]8O[C@H](CO)[C@H](O)[C@H](O)[C@H]8O[C@@H]8O[C@@H](O)[C@H](O)[C@@H](O)[C@H]8O)[C@H]7O[C@@H]7C[C@H](CO)[C@H](O)[C@H](O)[C@H]7O)C(C)(C)[C@@H]6CC[C@]54C)(O[C@H]2O)[C@@H]3CC1(C)C. The Labute approximate surface area is 534 Å². The highest BCUT2D eigenvalue weighted by Gasteiger charge is 2.86. The summed E-state index contributed by atoms with van der Waals surface area (Å²) in [5.74, 6) is -4.98. The van der Waals surface area contributed by atoms with Crippen LogP contribution in [-0.2, 0) is 61.8 Å². The maximum atomic E-state index is 14.0. The van der Waals surface area contributed by atoms with Crippen molar-refractivity contribution >= 4 is 17.9 Å². The molecule has 92 heavy (non-hydrogen) atoms. The first-order valence-corrected chi connectivity index (χ1v) is 32.5. The standard InChI is InChI=1S/C64H100O28/c1-12-25(3)51(79)89-48-49(90-52(80)26(4)13-2)64-32(21-58(48,5)6)63(92-57(64)82)19-15-31-60(9)17-16-34(59(7,8)30(60)14-18-61(31,10)62(63,11)22-33(64)67)85-56-47(83-28-20-27(23-65)35(68)38(71)36(28)69)44(43(76)45(87-56)50(77)78)86-55-46(40(73)37(70)29(24-66)84-55)88-54-42(75)39(72)41(74)53(81)91-54/h12-13,27-49,53-57,65-76,81-82H,14-24H2,1-11H3,(H,77,78)/b25-12-,26-13-/t27-,28-,29-,30+,31-,32+,33-,34+,35+,36+,37+,38+,39-,40+,41-,42-,43+,44+,45+,46-,47-,48+,49+,53-,54-,55+,56-,57-,60+,61-,62+,63+,64-/m1/s1. The topological polar surface area (TPSA) is 447 Å². The largest absolute Gasteiger partial charge is 0.479 e. The van der Waals surface area contributed by atoms with Gasteiger partial charge in [-0.05, 0) is 114 Å². The van der Waals surface area contributed by atoms with Crippen LogP contribution in [0.4, 0.5) is 0 Å². The number of carbonyl (C=O) groups is 3. The van der Waals surface area contributed by atoms with Crippen LogP contribution in [0.5, 0.6) is 0 Å². The van der Waals surface area contributed by atoms with Crippen molar-refractivity contribution in [3.63, 3.8) is 0 Å². The molecule has 0 radical (unpaired) electrons. The van der Waals surface area contributed by atoms with E-state index >= 15 is 0 Å². The Kier molecular flexibility index (Phi) is 20.1. The second-order valence-electron chi connectivity index (χ2n) is 30.2. The molecule has 28 heteroatoms. The van der Waals surface area contributed by atoms with Gasteiger partial charge in [0, 0.05) is 40.4 Å². The Hall–Kier alpha value is -2.99. The zero-order valence-electron chi connectivity index (χ0n) is 54.1. The molecule has 0 aromatic heterocycles. The van der Waals surface area contributed by atoms with Crippen LogP contribution >= 0.6 is 0 Å². The number of fused-ring (bicyclic) bond motifs is 4. The fourth-order valence-corrected chi connectivity index (χ4v) is 19.5. The molecule has 33 atom stereocenters. The highest BCUT2D eigenvalue weighted by molar-refractivity contribution is 5.89. The number of rotatable bonds is 15. The summed E-state index contributed by atoms with van der Waals surface area (Å²) in [5, 5.41) is 168. The lowest BCUT2D eigenvalue weighted by Gasteiger charge is -2.75. The molecule has 0 amide bonds. The molecule has 10 aliphatic rings. The van der Waals surface area contributed by atoms with Gasteiger partial charge < -0.3 is 124 Å². The fourth-order valence-electron chi connectivity index (χ4n) is 19.5. The van der Waals surface area contributed by atoms with Crippen molar-refractivity contribution in [1.29, 1.82) is 0 Å². The zero-order valence-corrected chi connectivity index (χ0v) is 54.1. The van der Waals surface area contributed by atoms with E-state index in [1.54, 1.807) is 39.8 Å². The minimum atomic E-state index is -2.28. The minimum absolute atomic E-state index is 0.0647. The van der Waals surface area contributed by atoms with E-state index in [9.17, 15) is 91.0 Å². The van der Waals surface area contributed by atoms with Crippen molar-refractivity contribution in [1.82, 2.24) is 0 Å². The predicted octanol–water partition coefficient (Wildman–Crippen LogP) is -1.34. The molecule has 28 nitrogen and oxygen atoms in total. The predicted molar refractivity (Wildman–Crippen MR) is 312 cm³/mol. The smallest absolute Gasteiger partial charge is 0.335 e. The molecule has 10 fully saturated rings. The van der Waals surface area contributed by atoms with E-state index in [1.807, 2.05) is 27.7 Å². The summed E-state index contributed by atoms with van der Waals surface area (Å²) >= 11 is 0. The first-order valence-electron chi connectivity index (χ1n) is 32.5. The minimum Gasteiger partial charge on any atom is -0.479 e. The lowest BCUT2D eigenvalue weighted by molar-refractivity contribution is -0.404. The number of aliphatic hydroxyl groups is 14. The summed E-state index contributed by atoms with van der Waals surface area (Å²) in [5.41, 5.74) is -5.75. The highest BCUT2D eigenvalue weighted by atomic mass is 16.8. The number of hydrogen-bond acceptors (Lipinski definition) is 27. The molecule has 10 rings (SSSR count). The molecule has 15 N–H and O–H groups in total. The van der Waals surface area contributed by atoms with Gasteiger partial charge in [-0.3, -0.25) is 0 Å². The summed E-state index contributed by atoms with van der Waals surface area (Å²) in [6.07, 6.45) is -37.7. The van der Waals surface area contributed by atoms with Gasteiger partial charge in [0.25, 0.3) is 0 Å². The zero-order chi connectivity index (χ0) is 67.8. The number of allylic oxidation sites excluding steroid dienone is 2. The molecule has 0 unspecified atom stereocenters. The summed E-state index contributed by atoms with van der Waals surface area (Å²) in [6, 6.07) is 0. The molecular weight excluding hydrogens is 1220 g/mol. The van der Waals surface area contributed by atoms with Gasteiger partial charge >= 0.3 is 17.9 Å². The number of carboxylic acids is 1. The van der Waals surface area contributed by atoms with Gasteiger partial charge in [0.2, 0.25) is 0 Å². The number of aliphatic hydroxyl groups excluding tert-OH is 14. The Bertz CT molecular complexity index is 2760. The Morgan fingerprint density at radius 3 is 1.76 bits per heavy atom. The molecule has 4 saturated heterocycles. The summed E-state index contributed by atoms with van der Waals surface area (Å²) in [4.78, 5) is 41.0. The number of esters is 2. The molecule has 4 heterocycles. The Morgan fingerprint density at radius 1 is 0.554 bits per heavy atom. The second-order valence-corrected chi connectivity index (χ2v) is 30.2. The quantitative estimate of drug-likeness (QED) is 0.0512.